The third-order valence-corrected chi connectivity index (χ3v) is 6.63. The van der Waals surface area contributed by atoms with Crippen LogP contribution >= 0.6 is 0 Å². The van der Waals surface area contributed by atoms with Crippen molar-refractivity contribution in [3.05, 3.63) is 17.5 Å². The molecule has 3 unspecified atom stereocenters. The zero-order valence-corrected chi connectivity index (χ0v) is 18.6. The molecule has 1 N–H and O–H groups in total. The van der Waals surface area contributed by atoms with Gasteiger partial charge in [-0.1, -0.05) is 27.2 Å². The Hall–Kier alpha value is -2.07. The highest BCUT2D eigenvalue weighted by Crippen LogP contribution is 2.40. The van der Waals surface area contributed by atoms with Gasteiger partial charge in [0, 0.05) is 25.2 Å². The van der Waals surface area contributed by atoms with Gasteiger partial charge in [-0.15, -0.1) is 0 Å². The van der Waals surface area contributed by atoms with Crippen LogP contribution in [0.15, 0.2) is 6.20 Å². The third kappa shape index (κ3) is 4.42. The summed E-state index contributed by atoms with van der Waals surface area (Å²) in [6.07, 6.45) is 4.50. The Balaban J connectivity index is 1.85. The highest BCUT2D eigenvalue weighted by Gasteiger charge is 2.47. The molecule has 1 aromatic rings. The van der Waals surface area contributed by atoms with Crippen LogP contribution in [0.1, 0.15) is 78.1 Å². The molecule has 0 aromatic carbocycles. The van der Waals surface area contributed by atoms with E-state index in [9.17, 15) is 10.1 Å². The van der Waals surface area contributed by atoms with Crippen molar-refractivity contribution in [3.63, 3.8) is 0 Å². The van der Waals surface area contributed by atoms with Crippen molar-refractivity contribution >= 4 is 6.09 Å². The van der Waals surface area contributed by atoms with E-state index in [0.717, 1.165) is 38.0 Å². The lowest BCUT2D eigenvalue weighted by Crippen LogP contribution is -2.58. The number of likely N-dealkylation sites (tertiary alicyclic amines) is 1. The molecule has 7 nitrogen and oxygen atoms in total. The van der Waals surface area contributed by atoms with Crippen LogP contribution in [0.3, 0.4) is 0 Å². The summed E-state index contributed by atoms with van der Waals surface area (Å²) in [4.78, 5) is 17.2. The highest BCUT2D eigenvalue weighted by atomic mass is 16.6. The predicted molar refractivity (Wildman–Crippen MR) is 111 cm³/mol. The number of nitrogens with one attached hydrogen (secondary N) is 1. The van der Waals surface area contributed by atoms with Crippen molar-refractivity contribution in [2.24, 2.45) is 11.8 Å². The number of aromatic nitrogens is 2. The number of nitrogens with zero attached hydrogens (tertiary/aromatic N) is 4. The highest BCUT2D eigenvalue weighted by molar-refractivity contribution is 5.69. The number of carbonyl (C=O) groups excluding carboxylic acids is 1. The van der Waals surface area contributed by atoms with Crippen molar-refractivity contribution in [2.45, 2.75) is 84.5 Å². The maximum absolute atomic E-state index is 12.8. The van der Waals surface area contributed by atoms with Crippen molar-refractivity contribution in [2.75, 3.05) is 13.1 Å². The molecule has 29 heavy (non-hydrogen) atoms. The number of fused-ring (bicyclic) bond motifs is 2. The van der Waals surface area contributed by atoms with Gasteiger partial charge < -0.3 is 4.74 Å². The quantitative estimate of drug-likeness (QED) is 0.803. The molecule has 1 amide bonds. The molecule has 3 rings (SSSR count). The molecule has 2 saturated heterocycles. The number of hydrogen-bond acceptors (Lipinski definition) is 5. The first kappa shape index (κ1) is 21.6. The molecule has 0 radical (unpaired) electrons. The minimum absolute atomic E-state index is 0.0889. The van der Waals surface area contributed by atoms with E-state index in [-0.39, 0.29) is 24.2 Å². The number of carbonyl (C=O) groups is 1. The summed E-state index contributed by atoms with van der Waals surface area (Å²) < 4.78 is 5.67. The molecule has 2 aliphatic rings. The van der Waals surface area contributed by atoms with Crippen LogP contribution in [0.2, 0.25) is 0 Å². The van der Waals surface area contributed by atoms with Crippen molar-refractivity contribution in [3.8, 4) is 6.07 Å². The Morgan fingerprint density at radius 1 is 1.34 bits per heavy atom. The number of nitriles is 1. The first-order valence-corrected chi connectivity index (χ1v) is 10.8. The largest absolute Gasteiger partial charge is 0.444 e. The summed E-state index contributed by atoms with van der Waals surface area (Å²) in [6.45, 7) is 14.1. The van der Waals surface area contributed by atoms with Gasteiger partial charge in [0.05, 0.1) is 23.5 Å². The summed E-state index contributed by atoms with van der Waals surface area (Å²) in [7, 11) is 0. The molecule has 0 saturated carbocycles. The number of amides is 1. The van der Waals surface area contributed by atoms with E-state index < -0.39 is 5.60 Å². The molecule has 0 spiro atoms. The average Bonchev–Trinajstić information content (AvgIpc) is 3.22. The second-order valence-electron chi connectivity index (χ2n) is 9.73. The van der Waals surface area contributed by atoms with E-state index in [1.54, 1.807) is 6.20 Å². The van der Waals surface area contributed by atoms with Crippen LogP contribution in [0, 0.1) is 23.2 Å². The zero-order chi connectivity index (χ0) is 21.3. The third-order valence-electron chi connectivity index (χ3n) is 6.63. The first-order valence-electron chi connectivity index (χ1n) is 10.8. The number of aromatic amines is 1. The molecule has 1 aromatic heterocycles. The van der Waals surface area contributed by atoms with Crippen LogP contribution in [0.5, 0.6) is 0 Å². The Morgan fingerprint density at radius 2 is 1.97 bits per heavy atom. The zero-order valence-electron chi connectivity index (χ0n) is 18.6. The van der Waals surface area contributed by atoms with Gasteiger partial charge in [0.15, 0.2) is 0 Å². The number of hydrogen-bond donors (Lipinski definition) is 1. The fraction of sp³-hybridized carbons (Fsp3) is 0.773. The topological polar surface area (TPSA) is 85.3 Å². The lowest BCUT2D eigenvalue weighted by Gasteiger charge is -2.46. The van der Waals surface area contributed by atoms with E-state index in [2.05, 4.69) is 41.9 Å². The normalized spacial score (nSPS) is 25.3. The number of H-pyrrole nitrogens is 1. The van der Waals surface area contributed by atoms with E-state index in [1.807, 2.05) is 25.7 Å². The van der Waals surface area contributed by atoms with E-state index in [1.165, 1.54) is 0 Å². The van der Waals surface area contributed by atoms with Crippen molar-refractivity contribution in [1.82, 2.24) is 20.0 Å². The average molecular weight is 402 g/mol. The maximum Gasteiger partial charge on any atom is 0.410 e. The predicted octanol–water partition coefficient (Wildman–Crippen LogP) is 4.09. The van der Waals surface area contributed by atoms with Crippen molar-refractivity contribution in [1.29, 1.82) is 5.26 Å². The van der Waals surface area contributed by atoms with Crippen LogP contribution in [0.25, 0.3) is 0 Å². The fourth-order valence-electron chi connectivity index (χ4n) is 4.85. The molecule has 3 heterocycles. The Labute approximate surface area is 174 Å². The number of piperazine rings is 1. The number of ether oxygens (including phenoxy) is 1. The van der Waals surface area contributed by atoms with Gasteiger partial charge in [0.2, 0.25) is 0 Å². The van der Waals surface area contributed by atoms with Gasteiger partial charge in [0.25, 0.3) is 0 Å². The van der Waals surface area contributed by atoms with Crippen LogP contribution in [-0.4, -0.2) is 56.9 Å². The summed E-state index contributed by atoms with van der Waals surface area (Å²) >= 11 is 0. The molecule has 5 atom stereocenters. The monoisotopic (exact) mass is 401 g/mol. The van der Waals surface area contributed by atoms with Gasteiger partial charge in [0.1, 0.15) is 11.7 Å². The molecule has 0 aliphatic carbocycles. The van der Waals surface area contributed by atoms with Gasteiger partial charge >= 0.3 is 6.09 Å². The summed E-state index contributed by atoms with van der Waals surface area (Å²) in [5.74, 6) is 0.872. The van der Waals surface area contributed by atoms with Crippen LogP contribution < -0.4 is 0 Å². The summed E-state index contributed by atoms with van der Waals surface area (Å²) in [6, 6.07) is 2.69. The van der Waals surface area contributed by atoms with Crippen LogP contribution in [0.4, 0.5) is 4.79 Å². The Kier molecular flexibility index (Phi) is 6.23. The molecule has 2 aliphatic heterocycles. The van der Waals surface area contributed by atoms with E-state index in [4.69, 9.17) is 4.74 Å². The SMILES string of the molecule is CC[C@@H](C)[C@@H](C)C(c1[nH]ncc1C#N)N1CC2CCC(C1)N2C(=O)OC(C)(C)C. The minimum atomic E-state index is -0.487. The lowest BCUT2D eigenvalue weighted by atomic mass is 9.83. The smallest absolute Gasteiger partial charge is 0.410 e. The first-order chi connectivity index (χ1) is 13.7. The van der Waals surface area contributed by atoms with Crippen molar-refractivity contribution < 1.29 is 9.53 Å². The van der Waals surface area contributed by atoms with E-state index >= 15 is 0 Å². The van der Waals surface area contributed by atoms with Crippen LogP contribution in [-0.2, 0) is 4.74 Å². The molecule has 7 heteroatoms. The maximum atomic E-state index is 12.8. The fourth-order valence-corrected chi connectivity index (χ4v) is 4.85. The van der Waals surface area contributed by atoms with E-state index in [0.29, 0.717) is 17.4 Å². The Morgan fingerprint density at radius 3 is 2.48 bits per heavy atom. The molecular formula is C22H35N5O2. The summed E-state index contributed by atoms with van der Waals surface area (Å²) in [5, 5.41) is 16.8. The number of rotatable bonds is 5. The second-order valence-corrected chi connectivity index (χ2v) is 9.73. The minimum Gasteiger partial charge on any atom is -0.444 e. The Bertz CT molecular complexity index is 748. The molecular weight excluding hydrogens is 366 g/mol. The standard InChI is InChI=1S/C22H35N5O2/c1-7-14(2)15(3)20(19-16(10-23)11-24-25-19)26-12-17-8-9-18(13-26)27(17)21(28)29-22(4,5)6/h11,14-15,17-18,20H,7-9,12-13H2,1-6H3,(H,24,25)/t14-,15-,17?,18?,20?/m1/s1. The molecule has 2 fully saturated rings. The van der Waals surface area contributed by atoms with Gasteiger partial charge in [-0.25, -0.2) is 4.79 Å². The second kappa shape index (κ2) is 8.35. The molecule has 2 bridgehead atoms. The summed E-state index contributed by atoms with van der Waals surface area (Å²) in [5.41, 5.74) is 1.04. The van der Waals surface area contributed by atoms with Gasteiger partial charge in [-0.3, -0.25) is 14.9 Å². The van der Waals surface area contributed by atoms with Gasteiger partial charge in [-0.05, 0) is 45.4 Å². The molecule has 160 valence electrons. The van der Waals surface area contributed by atoms with Gasteiger partial charge in [-0.2, -0.15) is 10.4 Å². The lowest BCUT2D eigenvalue weighted by molar-refractivity contribution is -0.0192.